The molecule has 0 radical (unpaired) electrons. The van der Waals surface area contributed by atoms with Crippen LogP contribution >= 0.6 is 0 Å². The van der Waals surface area contributed by atoms with Crippen molar-refractivity contribution in [2.75, 3.05) is 6.61 Å². The molecule has 0 fully saturated rings. The lowest BCUT2D eigenvalue weighted by Gasteiger charge is -2.20. The van der Waals surface area contributed by atoms with Crippen molar-refractivity contribution in [1.82, 2.24) is 0 Å². The van der Waals surface area contributed by atoms with Gasteiger partial charge in [-0.05, 0) is 18.2 Å². The van der Waals surface area contributed by atoms with Crippen molar-refractivity contribution in [3.05, 3.63) is 29.3 Å². The second kappa shape index (κ2) is 4.68. The van der Waals surface area contributed by atoms with Gasteiger partial charge in [0.2, 0.25) is 0 Å². The maximum atomic E-state index is 13.3. The summed E-state index contributed by atoms with van der Waals surface area (Å²) in [6.45, 7) is 3.69. The minimum absolute atomic E-state index is 0.0149. The molecule has 0 bridgehead atoms. The van der Waals surface area contributed by atoms with Gasteiger partial charge in [-0.25, -0.2) is 0 Å². The quantitative estimate of drug-likeness (QED) is 0.722. The van der Waals surface area contributed by atoms with E-state index in [9.17, 15) is 26.7 Å². The summed E-state index contributed by atoms with van der Waals surface area (Å²) in [5.41, 5.74) is -2.00. The summed E-state index contributed by atoms with van der Waals surface area (Å²) in [6, 6.07) is 2.20. The fourth-order valence-corrected chi connectivity index (χ4v) is 2.09. The van der Waals surface area contributed by atoms with Crippen LogP contribution in [-0.2, 0) is 5.92 Å². The second-order valence-corrected chi connectivity index (χ2v) is 5.84. The average Bonchev–Trinajstić information content (AvgIpc) is 2.44. The molecule has 1 aliphatic heterocycles. The number of benzene rings is 1. The summed E-state index contributed by atoms with van der Waals surface area (Å²) in [5.74, 6) is -5.48. The van der Waals surface area contributed by atoms with Crippen molar-refractivity contribution in [2.24, 2.45) is 5.41 Å². The first-order valence-corrected chi connectivity index (χ1v) is 6.19. The molecule has 1 aliphatic rings. The fourth-order valence-electron chi connectivity index (χ4n) is 2.09. The molecule has 0 saturated heterocycles. The second-order valence-electron chi connectivity index (χ2n) is 5.84. The van der Waals surface area contributed by atoms with Crippen molar-refractivity contribution in [1.29, 1.82) is 0 Å². The monoisotopic (exact) mass is 308 g/mol. The number of fused-ring (bicyclic) bond motifs is 1. The van der Waals surface area contributed by atoms with Crippen LogP contribution in [0.15, 0.2) is 18.2 Å². The summed E-state index contributed by atoms with van der Waals surface area (Å²) in [5, 5.41) is 0. The van der Waals surface area contributed by atoms with Crippen LogP contribution in [0.3, 0.4) is 0 Å². The maximum Gasteiger partial charge on any atom is 0.458 e. The lowest BCUT2D eigenvalue weighted by Crippen LogP contribution is -2.33. The third kappa shape index (κ3) is 2.87. The smallest absolute Gasteiger partial charge is 0.458 e. The Bertz CT molecular complexity index is 575. The van der Waals surface area contributed by atoms with Crippen LogP contribution in [0.25, 0.3) is 0 Å². The van der Waals surface area contributed by atoms with Crippen molar-refractivity contribution in [3.8, 4) is 5.75 Å². The minimum Gasteiger partial charge on any atom is -0.492 e. The standard InChI is InChI=1S/C14H13F5O2/c1-12(2)6-10(20)9-5-8(3-4-11(9)21-7-12)13(15,16)14(17,18)19/h3-5H,6-7H2,1-2H3. The van der Waals surface area contributed by atoms with Gasteiger partial charge >= 0.3 is 12.1 Å². The van der Waals surface area contributed by atoms with E-state index >= 15 is 0 Å². The lowest BCUT2D eigenvalue weighted by atomic mass is 9.87. The third-order valence-corrected chi connectivity index (χ3v) is 3.26. The average molecular weight is 308 g/mol. The van der Waals surface area contributed by atoms with Gasteiger partial charge in [-0.3, -0.25) is 4.79 Å². The molecular weight excluding hydrogens is 295 g/mol. The Kier molecular flexibility index (Phi) is 3.50. The molecule has 21 heavy (non-hydrogen) atoms. The molecule has 0 spiro atoms. The number of hydrogen-bond acceptors (Lipinski definition) is 2. The number of hydrogen-bond donors (Lipinski definition) is 0. The first-order valence-electron chi connectivity index (χ1n) is 6.19. The molecule has 1 heterocycles. The van der Waals surface area contributed by atoms with Crippen LogP contribution in [0.2, 0.25) is 0 Å². The van der Waals surface area contributed by atoms with Crippen molar-refractivity contribution >= 4 is 5.78 Å². The Labute approximate surface area is 117 Å². The highest BCUT2D eigenvalue weighted by atomic mass is 19.4. The number of ketones is 1. The molecule has 0 aliphatic carbocycles. The molecule has 1 aromatic rings. The van der Waals surface area contributed by atoms with Gasteiger partial charge < -0.3 is 4.74 Å². The third-order valence-electron chi connectivity index (χ3n) is 3.26. The molecule has 0 aromatic heterocycles. The Balaban J connectivity index is 2.48. The highest BCUT2D eigenvalue weighted by Gasteiger charge is 2.58. The molecule has 1 aromatic carbocycles. The molecule has 0 N–H and O–H groups in total. The van der Waals surface area contributed by atoms with Gasteiger partial charge in [-0.15, -0.1) is 0 Å². The molecular formula is C14H13F5O2. The van der Waals surface area contributed by atoms with Crippen molar-refractivity contribution in [3.63, 3.8) is 0 Å². The van der Waals surface area contributed by atoms with Crippen LogP contribution in [0.5, 0.6) is 5.75 Å². The normalized spacial score (nSPS) is 18.7. The van der Waals surface area contributed by atoms with Crippen LogP contribution in [0.1, 0.15) is 36.2 Å². The van der Waals surface area contributed by atoms with E-state index in [1.54, 1.807) is 13.8 Å². The molecule has 0 saturated carbocycles. The van der Waals surface area contributed by atoms with Gasteiger partial charge in [0.05, 0.1) is 12.2 Å². The highest BCUT2D eigenvalue weighted by molar-refractivity contribution is 5.99. The number of halogens is 5. The zero-order valence-electron chi connectivity index (χ0n) is 11.4. The molecule has 0 amide bonds. The fraction of sp³-hybridized carbons (Fsp3) is 0.500. The highest BCUT2D eigenvalue weighted by Crippen LogP contribution is 2.45. The summed E-state index contributed by atoms with van der Waals surface area (Å²) in [4.78, 5) is 12.0. The number of alkyl halides is 5. The first kappa shape index (κ1) is 15.7. The maximum absolute atomic E-state index is 13.3. The van der Waals surface area contributed by atoms with Gasteiger partial charge in [-0.1, -0.05) is 13.8 Å². The van der Waals surface area contributed by atoms with Crippen molar-refractivity contribution in [2.45, 2.75) is 32.4 Å². The molecule has 0 unspecified atom stereocenters. The van der Waals surface area contributed by atoms with Crippen LogP contribution in [-0.4, -0.2) is 18.6 Å². The van der Waals surface area contributed by atoms with Crippen LogP contribution in [0, 0.1) is 5.41 Å². The summed E-state index contributed by atoms with van der Waals surface area (Å²) >= 11 is 0. The zero-order valence-corrected chi connectivity index (χ0v) is 11.4. The molecule has 7 heteroatoms. The predicted molar refractivity (Wildman–Crippen MR) is 64.6 cm³/mol. The summed E-state index contributed by atoms with van der Waals surface area (Å²) < 4.78 is 69.2. The first-order chi connectivity index (χ1) is 9.44. The van der Waals surface area contributed by atoms with Gasteiger partial charge in [0.15, 0.2) is 5.78 Å². The molecule has 2 rings (SSSR count). The van der Waals surface area contributed by atoms with E-state index in [2.05, 4.69) is 0 Å². The predicted octanol–water partition coefficient (Wildman–Crippen LogP) is 4.33. The van der Waals surface area contributed by atoms with Crippen LogP contribution < -0.4 is 4.74 Å². The van der Waals surface area contributed by atoms with Crippen molar-refractivity contribution < 1.29 is 31.5 Å². The van der Waals surface area contributed by atoms with Gasteiger partial charge in [0.25, 0.3) is 0 Å². The Morgan fingerprint density at radius 1 is 1.14 bits per heavy atom. The number of carbonyl (C=O) groups is 1. The Morgan fingerprint density at radius 3 is 2.33 bits per heavy atom. The zero-order chi connectivity index (χ0) is 16.1. The van der Waals surface area contributed by atoms with E-state index in [0.29, 0.717) is 12.1 Å². The lowest BCUT2D eigenvalue weighted by molar-refractivity contribution is -0.289. The number of rotatable bonds is 1. The van der Waals surface area contributed by atoms with Crippen LogP contribution in [0.4, 0.5) is 22.0 Å². The number of carbonyl (C=O) groups excluding carboxylic acids is 1. The molecule has 2 nitrogen and oxygen atoms in total. The topological polar surface area (TPSA) is 26.3 Å². The number of Topliss-reactive ketones (excluding diaryl/α,β-unsaturated/α-hetero) is 1. The molecule has 116 valence electrons. The molecule has 0 atom stereocenters. The summed E-state index contributed by atoms with van der Waals surface area (Å²) in [7, 11) is 0. The Morgan fingerprint density at radius 2 is 1.76 bits per heavy atom. The van der Waals surface area contributed by atoms with E-state index in [0.717, 1.165) is 6.07 Å². The Hall–Kier alpha value is -1.66. The number of ether oxygens (including phenoxy) is 1. The van der Waals surface area contributed by atoms with Gasteiger partial charge in [-0.2, -0.15) is 22.0 Å². The minimum atomic E-state index is -5.71. The largest absolute Gasteiger partial charge is 0.492 e. The van der Waals surface area contributed by atoms with Gasteiger partial charge in [0.1, 0.15) is 5.75 Å². The SMILES string of the molecule is CC1(C)COc2ccc(C(F)(F)C(F)(F)F)cc2C(=O)C1. The van der Waals surface area contributed by atoms with Gasteiger partial charge in [0, 0.05) is 17.4 Å². The van der Waals surface area contributed by atoms with E-state index in [4.69, 9.17) is 4.74 Å². The van der Waals surface area contributed by atoms with E-state index < -0.39 is 28.9 Å². The van der Waals surface area contributed by atoms with E-state index in [1.807, 2.05) is 0 Å². The van der Waals surface area contributed by atoms with E-state index in [1.165, 1.54) is 0 Å². The van der Waals surface area contributed by atoms with E-state index in [-0.39, 0.29) is 24.3 Å². The summed E-state index contributed by atoms with van der Waals surface area (Å²) in [6.07, 6.45) is -5.70.